The van der Waals surface area contributed by atoms with E-state index in [9.17, 15) is 8.42 Å². The Balaban J connectivity index is 2.08. The summed E-state index contributed by atoms with van der Waals surface area (Å²) in [5.74, 6) is 0. The van der Waals surface area contributed by atoms with Gasteiger partial charge in [0.15, 0.2) is 0 Å². The van der Waals surface area contributed by atoms with Crippen LogP contribution in [0, 0.1) is 0 Å². The van der Waals surface area contributed by atoms with E-state index in [1.54, 1.807) is 24.3 Å². The topological polar surface area (TPSA) is 37.4 Å². The molecule has 0 unspecified atom stereocenters. The van der Waals surface area contributed by atoms with Gasteiger partial charge in [0.25, 0.3) is 0 Å². The average molecular weight is 265 g/mol. The zero-order valence-corrected chi connectivity index (χ0v) is 11.3. The second kappa shape index (κ2) is 5.67. The van der Waals surface area contributed by atoms with Crippen molar-refractivity contribution in [3.05, 3.63) is 41.8 Å². The first-order chi connectivity index (χ1) is 8.60. The third-order valence-electron chi connectivity index (χ3n) is 3.28. The summed E-state index contributed by atoms with van der Waals surface area (Å²) in [6, 6.07) is 8.53. The molecule has 98 valence electrons. The van der Waals surface area contributed by atoms with Gasteiger partial charge in [-0.3, -0.25) is 4.90 Å². The van der Waals surface area contributed by atoms with Gasteiger partial charge in [0.2, 0.25) is 9.84 Å². The monoisotopic (exact) mass is 265 g/mol. The Labute approximate surface area is 109 Å². The normalized spacial score (nSPS) is 17.6. The lowest BCUT2D eigenvalue weighted by Gasteiger charge is -2.26. The second-order valence-corrected chi connectivity index (χ2v) is 6.75. The van der Waals surface area contributed by atoms with Crippen molar-refractivity contribution in [2.24, 2.45) is 0 Å². The van der Waals surface area contributed by atoms with Gasteiger partial charge in [0.1, 0.15) is 0 Å². The zero-order chi connectivity index (χ0) is 13.0. The zero-order valence-electron chi connectivity index (χ0n) is 10.5. The smallest absolute Gasteiger partial charge is 0.203 e. The first kappa shape index (κ1) is 13.3. The first-order valence-corrected chi connectivity index (χ1v) is 7.79. The van der Waals surface area contributed by atoms with Crippen molar-refractivity contribution in [2.75, 3.05) is 19.6 Å². The predicted molar refractivity (Wildman–Crippen MR) is 73.1 cm³/mol. The van der Waals surface area contributed by atoms with Crippen LogP contribution in [-0.2, 0) is 9.84 Å². The number of benzene rings is 1. The molecule has 3 nitrogen and oxygen atoms in total. The molecule has 1 saturated heterocycles. The van der Waals surface area contributed by atoms with Crippen LogP contribution in [0.1, 0.15) is 19.3 Å². The molecule has 0 N–H and O–H groups in total. The number of piperidine rings is 1. The molecule has 0 atom stereocenters. The Morgan fingerprint density at radius 1 is 1.11 bits per heavy atom. The van der Waals surface area contributed by atoms with E-state index < -0.39 is 9.84 Å². The third kappa shape index (κ3) is 3.00. The van der Waals surface area contributed by atoms with E-state index in [-0.39, 0.29) is 0 Å². The maximum atomic E-state index is 12.3. The van der Waals surface area contributed by atoms with Crippen molar-refractivity contribution >= 4 is 9.84 Å². The summed E-state index contributed by atoms with van der Waals surface area (Å²) in [6.07, 6.45) is 3.55. The van der Waals surface area contributed by atoms with Crippen molar-refractivity contribution in [3.8, 4) is 0 Å². The van der Waals surface area contributed by atoms with Gasteiger partial charge in [0.05, 0.1) is 9.80 Å². The molecule has 1 aromatic carbocycles. The van der Waals surface area contributed by atoms with E-state index in [4.69, 9.17) is 0 Å². The van der Waals surface area contributed by atoms with Crippen LogP contribution in [0.25, 0.3) is 0 Å². The minimum atomic E-state index is -3.37. The summed E-state index contributed by atoms with van der Waals surface area (Å²) in [4.78, 5) is 2.81. The molecule has 1 heterocycles. The molecule has 0 aliphatic carbocycles. The highest BCUT2D eigenvalue weighted by molar-refractivity contribution is 7.95. The van der Waals surface area contributed by atoms with Crippen molar-refractivity contribution in [3.63, 3.8) is 0 Å². The predicted octanol–water partition coefficient (Wildman–Crippen LogP) is 2.46. The molecular weight excluding hydrogens is 246 g/mol. The third-order valence-corrected chi connectivity index (χ3v) is 5.06. The highest BCUT2D eigenvalue weighted by Gasteiger charge is 2.21. The summed E-state index contributed by atoms with van der Waals surface area (Å²) < 4.78 is 24.6. The molecule has 4 heteroatoms. The molecule has 1 aromatic rings. The highest BCUT2D eigenvalue weighted by Crippen LogP contribution is 2.19. The lowest BCUT2D eigenvalue weighted by molar-refractivity contribution is 0.249. The van der Waals surface area contributed by atoms with E-state index in [1.165, 1.54) is 6.42 Å². The lowest BCUT2D eigenvalue weighted by atomic mass is 10.1. The molecule has 0 saturated carbocycles. The van der Waals surface area contributed by atoms with E-state index in [2.05, 4.69) is 11.5 Å². The fourth-order valence-corrected chi connectivity index (χ4v) is 3.42. The molecule has 0 aromatic heterocycles. The summed E-state index contributed by atoms with van der Waals surface area (Å²) >= 11 is 0. The Hall–Kier alpha value is -1.13. The Bertz CT molecular complexity index is 502. The Kier molecular flexibility index (Phi) is 4.19. The van der Waals surface area contributed by atoms with Gasteiger partial charge in [-0.15, -0.1) is 0 Å². The SMILES string of the molecule is C=C(CN1CCCCC1)S(=O)(=O)c1ccccc1. The number of hydrogen-bond acceptors (Lipinski definition) is 3. The van der Waals surface area contributed by atoms with Crippen LogP contribution in [0.2, 0.25) is 0 Å². The minimum absolute atomic E-state index is 0.301. The van der Waals surface area contributed by atoms with Crippen LogP contribution in [0.3, 0.4) is 0 Å². The molecule has 0 radical (unpaired) electrons. The minimum Gasteiger partial charge on any atom is -0.298 e. The Morgan fingerprint density at radius 2 is 1.72 bits per heavy atom. The maximum absolute atomic E-state index is 12.3. The van der Waals surface area contributed by atoms with Gasteiger partial charge >= 0.3 is 0 Å². The quantitative estimate of drug-likeness (QED) is 0.839. The molecule has 1 fully saturated rings. The van der Waals surface area contributed by atoms with Gasteiger partial charge in [-0.1, -0.05) is 31.2 Å². The van der Waals surface area contributed by atoms with Gasteiger partial charge in [-0.25, -0.2) is 8.42 Å². The molecule has 0 bridgehead atoms. The summed E-state index contributed by atoms with van der Waals surface area (Å²) in [5, 5.41) is 0. The molecule has 18 heavy (non-hydrogen) atoms. The first-order valence-electron chi connectivity index (χ1n) is 6.31. The van der Waals surface area contributed by atoms with E-state index >= 15 is 0 Å². The summed E-state index contributed by atoms with van der Waals surface area (Å²) in [6.45, 7) is 6.17. The fourth-order valence-electron chi connectivity index (χ4n) is 2.22. The van der Waals surface area contributed by atoms with Gasteiger partial charge in [-0.2, -0.15) is 0 Å². The molecule has 1 aliphatic rings. The van der Waals surface area contributed by atoms with Crippen LogP contribution >= 0.6 is 0 Å². The lowest BCUT2D eigenvalue weighted by Crippen LogP contribution is -2.32. The molecule has 0 amide bonds. The van der Waals surface area contributed by atoms with Crippen LogP contribution in [0.15, 0.2) is 46.7 Å². The molecule has 2 rings (SSSR count). The maximum Gasteiger partial charge on any atom is 0.203 e. The van der Waals surface area contributed by atoms with Gasteiger partial charge < -0.3 is 0 Å². The summed E-state index contributed by atoms with van der Waals surface area (Å²) in [5.41, 5.74) is 0. The van der Waals surface area contributed by atoms with Crippen LogP contribution < -0.4 is 0 Å². The molecular formula is C14H19NO2S. The van der Waals surface area contributed by atoms with Crippen LogP contribution in [0.5, 0.6) is 0 Å². The number of hydrogen-bond donors (Lipinski definition) is 0. The number of likely N-dealkylation sites (tertiary alicyclic amines) is 1. The number of sulfone groups is 1. The molecule has 1 aliphatic heterocycles. The van der Waals surface area contributed by atoms with Crippen molar-refractivity contribution < 1.29 is 8.42 Å². The van der Waals surface area contributed by atoms with Crippen LogP contribution in [0.4, 0.5) is 0 Å². The number of rotatable bonds is 4. The second-order valence-electron chi connectivity index (χ2n) is 4.69. The van der Waals surface area contributed by atoms with Crippen LogP contribution in [-0.4, -0.2) is 33.0 Å². The fraction of sp³-hybridized carbons (Fsp3) is 0.429. The van der Waals surface area contributed by atoms with Crippen molar-refractivity contribution in [2.45, 2.75) is 24.2 Å². The van der Waals surface area contributed by atoms with E-state index in [0.29, 0.717) is 16.3 Å². The number of nitrogens with zero attached hydrogens (tertiary/aromatic N) is 1. The standard InChI is InChI=1S/C14H19NO2S/c1-13(12-15-10-6-3-7-11-15)18(16,17)14-8-4-2-5-9-14/h2,4-5,8-9H,1,3,6-7,10-12H2. The Morgan fingerprint density at radius 3 is 2.33 bits per heavy atom. The van der Waals surface area contributed by atoms with Gasteiger partial charge in [0, 0.05) is 6.54 Å². The van der Waals surface area contributed by atoms with Crippen molar-refractivity contribution in [1.82, 2.24) is 4.90 Å². The van der Waals surface area contributed by atoms with Crippen molar-refractivity contribution in [1.29, 1.82) is 0 Å². The van der Waals surface area contributed by atoms with E-state index in [1.807, 2.05) is 6.07 Å². The highest BCUT2D eigenvalue weighted by atomic mass is 32.2. The van der Waals surface area contributed by atoms with Gasteiger partial charge in [-0.05, 0) is 38.1 Å². The molecule has 0 spiro atoms. The average Bonchev–Trinajstić information content (AvgIpc) is 2.41. The van der Waals surface area contributed by atoms with E-state index in [0.717, 1.165) is 25.9 Å². The largest absolute Gasteiger partial charge is 0.298 e. The summed E-state index contributed by atoms with van der Waals surface area (Å²) in [7, 11) is -3.37.